The molecule has 24 heavy (non-hydrogen) atoms. The molecule has 1 aliphatic rings. The third-order valence-corrected chi connectivity index (χ3v) is 4.46. The maximum atomic E-state index is 12.9. The predicted octanol–water partition coefficient (Wildman–Crippen LogP) is 2.05. The van der Waals surface area contributed by atoms with Crippen molar-refractivity contribution in [3.8, 4) is 5.69 Å². The lowest BCUT2D eigenvalue weighted by atomic mass is 10.2. The molecule has 0 saturated heterocycles. The van der Waals surface area contributed by atoms with Crippen molar-refractivity contribution in [2.24, 2.45) is 5.73 Å². The smallest absolute Gasteiger partial charge is 0.275 e. The first-order chi connectivity index (χ1) is 11.6. The number of aryl methyl sites for hydroxylation is 1. The molecule has 0 bridgehead atoms. The van der Waals surface area contributed by atoms with E-state index in [2.05, 4.69) is 5.10 Å². The van der Waals surface area contributed by atoms with Crippen molar-refractivity contribution in [1.82, 2.24) is 14.7 Å². The van der Waals surface area contributed by atoms with Gasteiger partial charge in [0.1, 0.15) is 0 Å². The van der Waals surface area contributed by atoms with Gasteiger partial charge in [-0.2, -0.15) is 5.10 Å². The zero-order valence-electron chi connectivity index (χ0n) is 13.8. The highest BCUT2D eigenvalue weighted by Crippen LogP contribution is 2.25. The van der Waals surface area contributed by atoms with Crippen LogP contribution in [-0.2, 0) is 4.79 Å². The van der Waals surface area contributed by atoms with Gasteiger partial charge in [-0.05, 0) is 38.0 Å². The van der Waals surface area contributed by atoms with Crippen LogP contribution in [0.5, 0.6) is 0 Å². The number of rotatable bonds is 5. The number of aromatic nitrogens is 2. The van der Waals surface area contributed by atoms with Crippen LogP contribution in [-0.4, -0.2) is 39.1 Å². The molecule has 0 atom stereocenters. The van der Waals surface area contributed by atoms with E-state index in [9.17, 15) is 9.59 Å². The third-order valence-electron chi connectivity index (χ3n) is 4.46. The topological polar surface area (TPSA) is 81.2 Å². The van der Waals surface area contributed by atoms with E-state index >= 15 is 0 Å². The molecule has 0 unspecified atom stereocenters. The van der Waals surface area contributed by atoms with Crippen molar-refractivity contribution in [3.63, 3.8) is 0 Å². The van der Waals surface area contributed by atoms with Crippen molar-refractivity contribution in [2.45, 2.75) is 38.6 Å². The van der Waals surface area contributed by atoms with E-state index in [4.69, 9.17) is 5.73 Å². The zero-order chi connectivity index (χ0) is 17.1. The monoisotopic (exact) mass is 326 g/mol. The maximum Gasteiger partial charge on any atom is 0.275 e. The molecule has 6 heteroatoms. The van der Waals surface area contributed by atoms with E-state index in [0.717, 1.165) is 37.1 Å². The van der Waals surface area contributed by atoms with Gasteiger partial charge in [-0.3, -0.25) is 9.59 Å². The molecule has 0 radical (unpaired) electrons. The number of hydrogen-bond donors (Lipinski definition) is 1. The Morgan fingerprint density at radius 2 is 1.92 bits per heavy atom. The van der Waals surface area contributed by atoms with Crippen LogP contribution in [0.2, 0.25) is 0 Å². The number of para-hydroxylation sites is 1. The van der Waals surface area contributed by atoms with E-state index in [1.807, 2.05) is 37.3 Å². The van der Waals surface area contributed by atoms with Crippen LogP contribution < -0.4 is 5.73 Å². The Morgan fingerprint density at radius 3 is 2.54 bits per heavy atom. The average molecular weight is 326 g/mol. The van der Waals surface area contributed by atoms with Crippen LogP contribution in [0.15, 0.2) is 36.4 Å². The Hall–Kier alpha value is -2.63. The fourth-order valence-corrected chi connectivity index (χ4v) is 3.31. The summed E-state index contributed by atoms with van der Waals surface area (Å²) in [6, 6.07) is 11.5. The summed E-state index contributed by atoms with van der Waals surface area (Å²) in [6.45, 7) is 1.85. The highest BCUT2D eigenvalue weighted by atomic mass is 16.2. The molecule has 126 valence electrons. The summed E-state index contributed by atoms with van der Waals surface area (Å²) in [6.07, 6.45) is 3.98. The minimum atomic E-state index is -0.491. The maximum absolute atomic E-state index is 12.9. The van der Waals surface area contributed by atoms with Crippen LogP contribution in [0.3, 0.4) is 0 Å². The van der Waals surface area contributed by atoms with Crippen LogP contribution in [0.4, 0.5) is 0 Å². The Balaban J connectivity index is 1.89. The van der Waals surface area contributed by atoms with E-state index in [1.54, 1.807) is 15.6 Å². The van der Waals surface area contributed by atoms with E-state index in [-0.39, 0.29) is 18.5 Å². The van der Waals surface area contributed by atoms with Gasteiger partial charge in [0.25, 0.3) is 5.91 Å². The number of nitrogens with two attached hydrogens (primary N) is 1. The van der Waals surface area contributed by atoms with Gasteiger partial charge < -0.3 is 10.6 Å². The summed E-state index contributed by atoms with van der Waals surface area (Å²) in [7, 11) is 0. The highest BCUT2D eigenvalue weighted by molar-refractivity contribution is 5.95. The lowest BCUT2D eigenvalue weighted by Gasteiger charge is -2.26. The predicted molar refractivity (Wildman–Crippen MR) is 90.8 cm³/mol. The molecule has 2 N–H and O–H groups in total. The molecular weight excluding hydrogens is 304 g/mol. The van der Waals surface area contributed by atoms with Crippen molar-refractivity contribution >= 4 is 11.8 Å². The molecule has 0 aliphatic heterocycles. The molecule has 0 spiro atoms. The van der Waals surface area contributed by atoms with E-state index in [0.29, 0.717) is 5.69 Å². The minimum Gasteiger partial charge on any atom is -0.368 e. The van der Waals surface area contributed by atoms with Crippen molar-refractivity contribution in [3.05, 3.63) is 47.8 Å². The lowest BCUT2D eigenvalue weighted by molar-refractivity contribution is -0.119. The number of nitrogens with zero attached hydrogens (tertiary/aromatic N) is 3. The van der Waals surface area contributed by atoms with Crippen molar-refractivity contribution in [2.75, 3.05) is 6.54 Å². The second-order valence-corrected chi connectivity index (χ2v) is 6.26. The van der Waals surface area contributed by atoms with Gasteiger partial charge in [0.15, 0.2) is 5.69 Å². The number of amides is 2. The molecule has 6 nitrogen and oxygen atoms in total. The number of benzene rings is 1. The molecule has 1 aromatic heterocycles. The van der Waals surface area contributed by atoms with Gasteiger partial charge in [-0.25, -0.2) is 4.68 Å². The Bertz CT molecular complexity index is 733. The molecule has 3 rings (SSSR count). The van der Waals surface area contributed by atoms with Gasteiger partial charge in [0.05, 0.1) is 12.2 Å². The van der Waals surface area contributed by atoms with Gasteiger partial charge in [0, 0.05) is 11.7 Å². The molecule has 1 heterocycles. The second kappa shape index (κ2) is 6.86. The first kappa shape index (κ1) is 16.2. The van der Waals surface area contributed by atoms with Gasteiger partial charge >= 0.3 is 0 Å². The summed E-state index contributed by atoms with van der Waals surface area (Å²) < 4.78 is 1.74. The lowest BCUT2D eigenvalue weighted by Crippen LogP contribution is -2.44. The van der Waals surface area contributed by atoms with Crippen LogP contribution in [0.25, 0.3) is 5.69 Å². The minimum absolute atomic E-state index is 0.0548. The standard InChI is InChI=1S/C18H22N4O2/c1-13-11-16(20-22(13)15-9-3-2-4-10-15)18(24)21(12-17(19)23)14-7-5-6-8-14/h2-4,9-11,14H,5-8,12H2,1H3,(H2,19,23). The van der Waals surface area contributed by atoms with Gasteiger partial charge in [-0.15, -0.1) is 0 Å². The van der Waals surface area contributed by atoms with Gasteiger partial charge in [0.2, 0.25) is 5.91 Å². The second-order valence-electron chi connectivity index (χ2n) is 6.26. The van der Waals surface area contributed by atoms with Crippen molar-refractivity contribution in [1.29, 1.82) is 0 Å². The van der Waals surface area contributed by atoms with Crippen molar-refractivity contribution < 1.29 is 9.59 Å². The zero-order valence-corrected chi connectivity index (χ0v) is 13.8. The highest BCUT2D eigenvalue weighted by Gasteiger charge is 2.30. The number of hydrogen-bond acceptors (Lipinski definition) is 3. The van der Waals surface area contributed by atoms with Gasteiger partial charge in [-0.1, -0.05) is 31.0 Å². The van der Waals surface area contributed by atoms with Crippen LogP contribution >= 0.6 is 0 Å². The quantitative estimate of drug-likeness (QED) is 0.913. The molecule has 1 aromatic carbocycles. The first-order valence-electron chi connectivity index (χ1n) is 8.27. The van der Waals surface area contributed by atoms with Crippen LogP contribution in [0, 0.1) is 6.92 Å². The number of primary amides is 1. The van der Waals surface area contributed by atoms with E-state index < -0.39 is 5.91 Å². The summed E-state index contributed by atoms with van der Waals surface area (Å²) >= 11 is 0. The summed E-state index contributed by atoms with van der Waals surface area (Å²) in [5.41, 5.74) is 7.47. The fourth-order valence-electron chi connectivity index (χ4n) is 3.31. The number of carbonyl (C=O) groups excluding carboxylic acids is 2. The fraction of sp³-hybridized carbons (Fsp3) is 0.389. The third kappa shape index (κ3) is 3.32. The average Bonchev–Trinajstić information content (AvgIpc) is 3.22. The number of carbonyl (C=O) groups is 2. The molecule has 1 aliphatic carbocycles. The largest absolute Gasteiger partial charge is 0.368 e. The summed E-state index contributed by atoms with van der Waals surface area (Å²) in [5.74, 6) is -0.715. The molecule has 1 saturated carbocycles. The molecule has 1 fully saturated rings. The summed E-state index contributed by atoms with van der Waals surface area (Å²) in [4.78, 5) is 25.9. The first-order valence-corrected chi connectivity index (χ1v) is 8.27. The Labute approximate surface area is 141 Å². The van der Waals surface area contributed by atoms with Crippen LogP contribution in [0.1, 0.15) is 41.9 Å². The SMILES string of the molecule is Cc1cc(C(=O)N(CC(N)=O)C2CCCC2)nn1-c1ccccc1. The summed E-state index contributed by atoms with van der Waals surface area (Å²) in [5, 5.41) is 4.45. The Morgan fingerprint density at radius 1 is 1.25 bits per heavy atom. The Kier molecular flexibility index (Phi) is 4.64. The normalized spacial score (nSPS) is 14.7. The van der Waals surface area contributed by atoms with E-state index in [1.165, 1.54) is 0 Å². The molecule has 2 aromatic rings. The molecular formula is C18H22N4O2. The molecule has 2 amide bonds.